The molecule has 0 bridgehead atoms. The third kappa shape index (κ3) is 6.26. The Balaban J connectivity index is 1.76. The van der Waals surface area contributed by atoms with Gasteiger partial charge in [0.15, 0.2) is 0 Å². The van der Waals surface area contributed by atoms with Crippen molar-refractivity contribution < 1.29 is 13.2 Å². The Morgan fingerprint density at radius 2 is 1.45 bits per heavy atom. The molecule has 3 aromatic carbocycles. The fourth-order valence-electron chi connectivity index (χ4n) is 3.24. The number of hydrogen-bond acceptors (Lipinski definition) is 3. The van der Waals surface area contributed by atoms with E-state index in [-0.39, 0.29) is 23.9 Å². The summed E-state index contributed by atoms with van der Waals surface area (Å²) in [7, 11) is -3.80. The molecule has 3 aromatic rings. The van der Waals surface area contributed by atoms with Gasteiger partial charge < -0.3 is 5.32 Å². The van der Waals surface area contributed by atoms with E-state index < -0.39 is 10.0 Å². The Morgan fingerprint density at radius 1 is 0.871 bits per heavy atom. The van der Waals surface area contributed by atoms with Crippen LogP contribution >= 0.6 is 0 Å². The topological polar surface area (TPSA) is 66.5 Å². The summed E-state index contributed by atoms with van der Waals surface area (Å²) in [5, 5.41) is 2.82. The molecule has 5 nitrogen and oxygen atoms in total. The van der Waals surface area contributed by atoms with Crippen LogP contribution in [-0.2, 0) is 21.2 Å². The molecule has 0 saturated heterocycles. The van der Waals surface area contributed by atoms with E-state index in [4.69, 9.17) is 0 Å². The molecule has 0 saturated carbocycles. The van der Waals surface area contributed by atoms with Crippen LogP contribution in [0, 0.1) is 0 Å². The van der Waals surface area contributed by atoms with Crippen molar-refractivity contribution >= 4 is 21.6 Å². The first-order valence-corrected chi connectivity index (χ1v) is 11.8. The van der Waals surface area contributed by atoms with E-state index in [0.29, 0.717) is 18.0 Å². The van der Waals surface area contributed by atoms with Crippen molar-refractivity contribution in [3.63, 3.8) is 0 Å². The van der Waals surface area contributed by atoms with Gasteiger partial charge in [0.1, 0.15) is 0 Å². The molecule has 1 N–H and O–H groups in total. The first kappa shape index (κ1) is 22.7. The Bertz CT molecular complexity index is 1080. The second-order valence-electron chi connectivity index (χ2n) is 7.71. The third-order valence-electron chi connectivity index (χ3n) is 5.05. The predicted octanol–water partition coefficient (Wildman–Crippen LogP) is 4.68. The molecule has 0 atom stereocenters. The van der Waals surface area contributed by atoms with E-state index in [2.05, 4.69) is 19.2 Å². The zero-order valence-corrected chi connectivity index (χ0v) is 18.7. The standard InChI is InChI=1S/C25H28N2O3S/c1-20(2)22-13-15-23(16-14-22)26-25(28)19-27(18-17-21-9-5-3-6-10-21)31(29,30)24-11-7-4-8-12-24/h3-16,20H,17-19H2,1-2H3,(H,26,28). The number of benzene rings is 3. The summed E-state index contributed by atoms with van der Waals surface area (Å²) in [6, 6.07) is 25.5. The molecule has 0 heterocycles. The number of hydrogen-bond donors (Lipinski definition) is 1. The van der Waals surface area contributed by atoms with Crippen molar-refractivity contribution in [1.82, 2.24) is 4.31 Å². The van der Waals surface area contributed by atoms with E-state index in [1.165, 1.54) is 9.87 Å². The minimum atomic E-state index is -3.80. The lowest BCUT2D eigenvalue weighted by molar-refractivity contribution is -0.116. The molecule has 6 heteroatoms. The summed E-state index contributed by atoms with van der Waals surface area (Å²) >= 11 is 0. The fraction of sp³-hybridized carbons (Fsp3) is 0.240. The van der Waals surface area contributed by atoms with E-state index in [9.17, 15) is 13.2 Å². The molecule has 0 aliphatic rings. The highest BCUT2D eigenvalue weighted by atomic mass is 32.2. The van der Waals surface area contributed by atoms with E-state index >= 15 is 0 Å². The highest BCUT2D eigenvalue weighted by Crippen LogP contribution is 2.19. The average Bonchev–Trinajstić information content (AvgIpc) is 2.78. The summed E-state index contributed by atoms with van der Waals surface area (Å²) in [5.41, 5.74) is 2.84. The number of amides is 1. The van der Waals surface area contributed by atoms with Crippen molar-refractivity contribution in [2.45, 2.75) is 31.1 Å². The van der Waals surface area contributed by atoms with Crippen LogP contribution < -0.4 is 5.32 Å². The van der Waals surface area contributed by atoms with Gasteiger partial charge in [-0.15, -0.1) is 0 Å². The molecule has 0 aliphatic heterocycles. The van der Waals surface area contributed by atoms with Crippen LogP contribution in [0.3, 0.4) is 0 Å². The van der Waals surface area contributed by atoms with Crippen LogP contribution in [-0.4, -0.2) is 31.7 Å². The van der Waals surface area contributed by atoms with Crippen LogP contribution in [0.1, 0.15) is 30.9 Å². The SMILES string of the molecule is CC(C)c1ccc(NC(=O)CN(CCc2ccccc2)S(=O)(=O)c2ccccc2)cc1. The normalized spacial score (nSPS) is 11.6. The number of nitrogens with one attached hydrogen (secondary N) is 1. The van der Waals surface area contributed by atoms with Crippen LogP contribution in [0.4, 0.5) is 5.69 Å². The lowest BCUT2D eigenvalue weighted by Gasteiger charge is -2.22. The molecule has 1 amide bonds. The maximum atomic E-state index is 13.2. The zero-order valence-electron chi connectivity index (χ0n) is 17.9. The molecule has 0 unspecified atom stereocenters. The second kappa shape index (κ2) is 10.4. The number of sulfonamides is 1. The quantitative estimate of drug-likeness (QED) is 0.530. The van der Waals surface area contributed by atoms with Crippen molar-refractivity contribution in [2.24, 2.45) is 0 Å². The third-order valence-corrected chi connectivity index (χ3v) is 6.91. The van der Waals surface area contributed by atoms with Gasteiger partial charge in [0.05, 0.1) is 11.4 Å². The van der Waals surface area contributed by atoms with Gasteiger partial charge >= 0.3 is 0 Å². The highest BCUT2D eigenvalue weighted by Gasteiger charge is 2.26. The molecule has 0 fully saturated rings. The van der Waals surface area contributed by atoms with Crippen LogP contribution in [0.25, 0.3) is 0 Å². The van der Waals surface area contributed by atoms with Gasteiger partial charge in [0.2, 0.25) is 15.9 Å². The maximum Gasteiger partial charge on any atom is 0.243 e. The summed E-state index contributed by atoms with van der Waals surface area (Å²) in [6.45, 7) is 4.16. The van der Waals surface area contributed by atoms with Crippen LogP contribution in [0.2, 0.25) is 0 Å². The fourth-order valence-corrected chi connectivity index (χ4v) is 4.65. The Kier molecular flexibility index (Phi) is 7.60. The zero-order chi connectivity index (χ0) is 22.3. The van der Waals surface area contributed by atoms with Gasteiger partial charge in [-0.2, -0.15) is 4.31 Å². The smallest absolute Gasteiger partial charge is 0.243 e. The summed E-state index contributed by atoms with van der Waals surface area (Å²) in [5.74, 6) is 0.0270. The largest absolute Gasteiger partial charge is 0.325 e. The molecule has 162 valence electrons. The van der Waals surface area contributed by atoms with Crippen LogP contribution in [0.5, 0.6) is 0 Å². The summed E-state index contributed by atoms with van der Waals surface area (Å²) in [6.07, 6.45) is 0.517. The van der Waals surface area contributed by atoms with Gasteiger partial charge in [-0.05, 0) is 47.7 Å². The summed E-state index contributed by atoms with van der Waals surface area (Å²) < 4.78 is 27.7. The molecular formula is C25H28N2O3S. The van der Waals surface area contributed by atoms with Gasteiger partial charge in [-0.1, -0.05) is 74.5 Å². The molecule has 3 rings (SSSR count). The van der Waals surface area contributed by atoms with Crippen molar-refractivity contribution in [1.29, 1.82) is 0 Å². The molecule has 0 radical (unpaired) electrons. The van der Waals surface area contributed by atoms with Gasteiger partial charge in [0.25, 0.3) is 0 Å². The number of nitrogens with zero attached hydrogens (tertiary/aromatic N) is 1. The average molecular weight is 437 g/mol. The lowest BCUT2D eigenvalue weighted by atomic mass is 10.0. The number of rotatable bonds is 9. The monoisotopic (exact) mass is 436 g/mol. The Labute approximate surface area is 184 Å². The predicted molar refractivity (Wildman–Crippen MR) is 125 cm³/mol. The maximum absolute atomic E-state index is 13.2. The Morgan fingerprint density at radius 3 is 2.03 bits per heavy atom. The van der Waals surface area contributed by atoms with Gasteiger partial charge in [0, 0.05) is 12.2 Å². The molecule has 0 spiro atoms. The van der Waals surface area contributed by atoms with E-state index in [1.54, 1.807) is 30.3 Å². The van der Waals surface area contributed by atoms with Crippen LogP contribution in [0.15, 0.2) is 89.8 Å². The first-order valence-electron chi connectivity index (χ1n) is 10.3. The van der Waals surface area contributed by atoms with Crippen molar-refractivity contribution in [2.75, 3.05) is 18.4 Å². The van der Waals surface area contributed by atoms with Crippen molar-refractivity contribution in [3.8, 4) is 0 Å². The minimum absolute atomic E-state index is 0.178. The summed E-state index contributed by atoms with van der Waals surface area (Å²) in [4.78, 5) is 12.9. The second-order valence-corrected chi connectivity index (χ2v) is 9.65. The molecular weight excluding hydrogens is 408 g/mol. The van der Waals surface area contributed by atoms with E-state index in [0.717, 1.165) is 5.56 Å². The lowest BCUT2D eigenvalue weighted by Crippen LogP contribution is -2.39. The van der Waals surface area contributed by atoms with Crippen molar-refractivity contribution in [3.05, 3.63) is 96.1 Å². The molecule has 31 heavy (non-hydrogen) atoms. The highest BCUT2D eigenvalue weighted by molar-refractivity contribution is 7.89. The molecule has 0 aromatic heterocycles. The van der Waals surface area contributed by atoms with E-state index in [1.807, 2.05) is 54.6 Å². The molecule has 0 aliphatic carbocycles. The Hall–Kier alpha value is -2.96. The van der Waals surface area contributed by atoms with Gasteiger partial charge in [-0.25, -0.2) is 8.42 Å². The number of carbonyl (C=O) groups excluding carboxylic acids is 1. The number of carbonyl (C=O) groups is 1. The number of anilines is 1. The van der Waals surface area contributed by atoms with Gasteiger partial charge in [-0.3, -0.25) is 4.79 Å². The first-order chi connectivity index (χ1) is 14.9. The minimum Gasteiger partial charge on any atom is -0.325 e.